The summed E-state index contributed by atoms with van der Waals surface area (Å²) in [6.07, 6.45) is 14.1. The smallest absolute Gasteiger partial charge is 0.0277 e. The fraction of sp³-hybridized carbons (Fsp3) is 1.00. The lowest BCUT2D eigenvalue weighted by Gasteiger charge is -2.43. The minimum absolute atomic E-state index is 0.450. The maximum atomic E-state index is 2.52. The van der Waals surface area contributed by atoms with Crippen molar-refractivity contribution in [3.8, 4) is 0 Å². The lowest BCUT2D eigenvalue weighted by Crippen LogP contribution is -2.32. The van der Waals surface area contributed by atoms with E-state index in [9.17, 15) is 0 Å². The molecule has 0 nitrogen and oxygen atoms in total. The van der Waals surface area contributed by atoms with E-state index in [-0.39, 0.29) is 0 Å². The standard InChI is InChI=1S/C18H38/c1-7-9-11-12-13-14-16-18(6,15-10-8-2)17(3,4)5/h7-16H2,1-6H3. The van der Waals surface area contributed by atoms with E-state index in [0.29, 0.717) is 10.8 Å². The first-order chi connectivity index (χ1) is 8.37. The van der Waals surface area contributed by atoms with Gasteiger partial charge in [-0.1, -0.05) is 92.9 Å². The molecule has 0 saturated carbocycles. The Labute approximate surface area is 117 Å². The van der Waals surface area contributed by atoms with Crippen molar-refractivity contribution in [3.05, 3.63) is 0 Å². The highest BCUT2D eigenvalue weighted by molar-refractivity contribution is 4.86. The van der Waals surface area contributed by atoms with Crippen LogP contribution >= 0.6 is 0 Å². The number of hydrogen-bond acceptors (Lipinski definition) is 0. The summed E-state index contributed by atoms with van der Waals surface area (Å²) in [7, 11) is 0. The molecule has 0 aromatic rings. The van der Waals surface area contributed by atoms with E-state index in [2.05, 4.69) is 41.5 Å². The van der Waals surface area contributed by atoms with E-state index in [0.717, 1.165) is 0 Å². The first-order valence-electron chi connectivity index (χ1n) is 8.37. The Morgan fingerprint density at radius 2 is 1.00 bits per heavy atom. The molecular weight excluding hydrogens is 216 g/mol. The molecule has 0 N–H and O–H groups in total. The van der Waals surface area contributed by atoms with E-state index in [1.165, 1.54) is 64.2 Å². The molecule has 1 unspecified atom stereocenters. The third-order valence-electron chi connectivity index (χ3n) is 4.97. The molecule has 18 heavy (non-hydrogen) atoms. The number of rotatable bonds is 10. The van der Waals surface area contributed by atoms with Crippen LogP contribution in [0.4, 0.5) is 0 Å². The molecule has 0 bridgehead atoms. The monoisotopic (exact) mass is 254 g/mol. The molecule has 0 radical (unpaired) electrons. The molecule has 0 aromatic heterocycles. The first kappa shape index (κ1) is 18.0. The second kappa shape index (κ2) is 8.99. The largest absolute Gasteiger partial charge is 0.0654 e. The van der Waals surface area contributed by atoms with Crippen LogP contribution in [0.15, 0.2) is 0 Å². The quantitative estimate of drug-likeness (QED) is 0.369. The maximum absolute atomic E-state index is 2.52. The summed E-state index contributed by atoms with van der Waals surface area (Å²) in [6, 6.07) is 0. The van der Waals surface area contributed by atoms with Crippen molar-refractivity contribution in [1.29, 1.82) is 0 Å². The third-order valence-corrected chi connectivity index (χ3v) is 4.97. The molecule has 0 amide bonds. The molecule has 0 rings (SSSR count). The summed E-state index contributed by atoms with van der Waals surface area (Å²) >= 11 is 0. The number of hydrogen-bond donors (Lipinski definition) is 0. The van der Waals surface area contributed by atoms with Gasteiger partial charge in [0.05, 0.1) is 0 Å². The van der Waals surface area contributed by atoms with Gasteiger partial charge >= 0.3 is 0 Å². The van der Waals surface area contributed by atoms with E-state index >= 15 is 0 Å². The predicted octanol–water partition coefficient (Wildman–Crippen LogP) is 6.98. The average molecular weight is 255 g/mol. The molecule has 0 heterocycles. The number of unbranched alkanes of at least 4 members (excludes halogenated alkanes) is 6. The Morgan fingerprint density at radius 3 is 1.50 bits per heavy atom. The van der Waals surface area contributed by atoms with Crippen LogP contribution in [0, 0.1) is 10.8 Å². The van der Waals surface area contributed by atoms with Crippen molar-refractivity contribution in [2.75, 3.05) is 0 Å². The molecule has 0 aliphatic rings. The highest BCUT2D eigenvalue weighted by Crippen LogP contribution is 2.46. The summed E-state index contributed by atoms with van der Waals surface area (Å²) in [5.74, 6) is 0. The topological polar surface area (TPSA) is 0 Å². The fourth-order valence-corrected chi connectivity index (χ4v) is 2.74. The summed E-state index contributed by atoms with van der Waals surface area (Å²) in [6.45, 7) is 14.4. The van der Waals surface area contributed by atoms with Gasteiger partial charge in [-0.25, -0.2) is 0 Å². The van der Waals surface area contributed by atoms with Crippen molar-refractivity contribution in [2.24, 2.45) is 10.8 Å². The summed E-state index contributed by atoms with van der Waals surface area (Å²) in [5, 5.41) is 0. The Hall–Kier alpha value is 0. The van der Waals surface area contributed by atoms with Crippen LogP contribution in [0.2, 0.25) is 0 Å². The van der Waals surface area contributed by atoms with Crippen LogP contribution in [-0.4, -0.2) is 0 Å². The minimum atomic E-state index is 0.450. The van der Waals surface area contributed by atoms with Crippen LogP contribution in [-0.2, 0) is 0 Å². The highest BCUT2D eigenvalue weighted by atomic mass is 14.4. The SMILES string of the molecule is CCCCCCCCC(C)(CCCC)C(C)(C)C. The Morgan fingerprint density at radius 1 is 0.556 bits per heavy atom. The van der Waals surface area contributed by atoms with Gasteiger partial charge in [0.1, 0.15) is 0 Å². The lowest BCUT2D eigenvalue weighted by atomic mass is 9.63. The van der Waals surface area contributed by atoms with Gasteiger partial charge in [-0.05, 0) is 23.7 Å². The molecule has 0 fully saturated rings. The van der Waals surface area contributed by atoms with E-state index in [1.54, 1.807) is 0 Å². The van der Waals surface area contributed by atoms with Crippen molar-refractivity contribution in [3.63, 3.8) is 0 Å². The van der Waals surface area contributed by atoms with Crippen molar-refractivity contribution >= 4 is 0 Å². The molecule has 0 spiro atoms. The molecule has 1 atom stereocenters. The molecule has 0 saturated heterocycles. The molecular formula is C18H38. The predicted molar refractivity (Wildman–Crippen MR) is 85.1 cm³/mol. The fourth-order valence-electron chi connectivity index (χ4n) is 2.74. The highest BCUT2D eigenvalue weighted by Gasteiger charge is 2.35. The Kier molecular flexibility index (Phi) is 8.99. The molecule has 0 aliphatic carbocycles. The van der Waals surface area contributed by atoms with Crippen LogP contribution in [0.25, 0.3) is 0 Å². The van der Waals surface area contributed by atoms with Gasteiger partial charge in [-0.15, -0.1) is 0 Å². The van der Waals surface area contributed by atoms with Gasteiger partial charge in [0, 0.05) is 0 Å². The average Bonchev–Trinajstić information content (AvgIpc) is 2.29. The van der Waals surface area contributed by atoms with Crippen molar-refractivity contribution in [2.45, 2.75) is 106 Å². The van der Waals surface area contributed by atoms with Crippen LogP contribution < -0.4 is 0 Å². The summed E-state index contributed by atoms with van der Waals surface area (Å²) in [5.41, 5.74) is 0.985. The van der Waals surface area contributed by atoms with Gasteiger partial charge in [0.2, 0.25) is 0 Å². The van der Waals surface area contributed by atoms with Gasteiger partial charge in [-0.2, -0.15) is 0 Å². The molecule has 0 heteroatoms. The zero-order valence-electron chi connectivity index (χ0n) is 14.1. The van der Waals surface area contributed by atoms with Gasteiger partial charge in [0.25, 0.3) is 0 Å². The van der Waals surface area contributed by atoms with Crippen LogP contribution in [0.5, 0.6) is 0 Å². The molecule has 110 valence electrons. The minimum Gasteiger partial charge on any atom is -0.0654 e. The van der Waals surface area contributed by atoms with E-state index < -0.39 is 0 Å². The van der Waals surface area contributed by atoms with E-state index in [1.807, 2.05) is 0 Å². The summed E-state index contributed by atoms with van der Waals surface area (Å²) < 4.78 is 0. The first-order valence-corrected chi connectivity index (χ1v) is 8.37. The Bertz CT molecular complexity index is 187. The second-order valence-corrected chi connectivity index (χ2v) is 7.43. The maximum Gasteiger partial charge on any atom is -0.0277 e. The van der Waals surface area contributed by atoms with Crippen LogP contribution in [0.3, 0.4) is 0 Å². The van der Waals surface area contributed by atoms with E-state index in [4.69, 9.17) is 0 Å². The third kappa shape index (κ3) is 6.81. The lowest BCUT2D eigenvalue weighted by molar-refractivity contribution is 0.0783. The van der Waals surface area contributed by atoms with Gasteiger partial charge in [0.15, 0.2) is 0 Å². The summed E-state index contributed by atoms with van der Waals surface area (Å²) in [4.78, 5) is 0. The van der Waals surface area contributed by atoms with Crippen molar-refractivity contribution < 1.29 is 0 Å². The normalized spacial score (nSPS) is 15.7. The molecule has 0 aliphatic heterocycles. The zero-order valence-corrected chi connectivity index (χ0v) is 14.1. The van der Waals surface area contributed by atoms with Crippen LogP contribution in [0.1, 0.15) is 106 Å². The van der Waals surface area contributed by atoms with Gasteiger partial charge in [-0.3, -0.25) is 0 Å². The molecule has 0 aromatic carbocycles. The zero-order chi connectivity index (χ0) is 14.1. The second-order valence-electron chi connectivity index (χ2n) is 7.43. The van der Waals surface area contributed by atoms with Crippen molar-refractivity contribution in [1.82, 2.24) is 0 Å². The Balaban J connectivity index is 4.02. The van der Waals surface area contributed by atoms with Gasteiger partial charge < -0.3 is 0 Å².